The second-order valence-electron chi connectivity index (χ2n) is 6.59. The minimum atomic E-state index is -0.337. The molecule has 2 aromatic heterocycles. The van der Waals surface area contributed by atoms with Gasteiger partial charge in [-0.15, -0.1) is 23.1 Å². The lowest BCUT2D eigenvalue weighted by molar-refractivity contribution is -0.137. The van der Waals surface area contributed by atoms with Crippen molar-refractivity contribution >= 4 is 50.9 Å². The summed E-state index contributed by atoms with van der Waals surface area (Å²) in [6.07, 6.45) is 0. The number of thioether (sulfide) groups is 1. The molecule has 0 bridgehead atoms. The summed E-state index contributed by atoms with van der Waals surface area (Å²) >= 11 is 2.49. The molecule has 0 spiro atoms. The Morgan fingerprint density at radius 2 is 2.03 bits per heavy atom. The second-order valence-corrected chi connectivity index (χ2v) is 8.58. The zero-order valence-electron chi connectivity index (χ0n) is 16.5. The van der Waals surface area contributed by atoms with Crippen LogP contribution in [0.15, 0.2) is 23.0 Å². The van der Waals surface area contributed by atoms with Crippen molar-refractivity contribution in [3.05, 3.63) is 55.9 Å². The highest BCUT2D eigenvalue weighted by Gasteiger charge is 2.20. The molecule has 152 valence electrons. The van der Waals surface area contributed by atoms with Gasteiger partial charge in [-0.05, 0) is 38.0 Å². The van der Waals surface area contributed by atoms with Crippen molar-refractivity contribution in [1.82, 2.24) is 9.97 Å². The lowest BCUT2D eigenvalue weighted by atomic mass is 10.1. The maximum atomic E-state index is 12.8. The summed E-state index contributed by atoms with van der Waals surface area (Å²) in [5.41, 5.74) is 3.14. The Morgan fingerprint density at radius 1 is 1.28 bits per heavy atom. The molecule has 0 atom stereocenters. The van der Waals surface area contributed by atoms with Gasteiger partial charge in [-0.2, -0.15) is 0 Å². The molecule has 3 aromatic rings. The number of aryl methyl sites for hydroxylation is 3. The quantitative estimate of drug-likeness (QED) is 0.579. The number of H-pyrrole nitrogens is 1. The average Bonchev–Trinajstić information content (AvgIpc) is 3.01. The van der Waals surface area contributed by atoms with E-state index in [1.807, 2.05) is 32.0 Å². The highest BCUT2D eigenvalue weighted by atomic mass is 32.2. The normalized spacial score (nSPS) is 10.9. The maximum Gasteiger partial charge on any atom is 0.315 e. The van der Waals surface area contributed by atoms with E-state index >= 15 is 0 Å². The van der Waals surface area contributed by atoms with Crippen LogP contribution in [-0.2, 0) is 15.3 Å². The largest absolute Gasteiger partial charge is 0.468 e. The minimum absolute atomic E-state index is 0.172. The van der Waals surface area contributed by atoms with E-state index in [2.05, 4.69) is 20.0 Å². The number of aromatic amines is 1. The fraction of sp³-hybridized carbons (Fsp3) is 0.300. The Morgan fingerprint density at radius 3 is 2.72 bits per heavy atom. The van der Waals surface area contributed by atoms with Crippen molar-refractivity contribution in [3.63, 3.8) is 0 Å². The molecule has 0 aliphatic rings. The van der Waals surface area contributed by atoms with Gasteiger partial charge in [0.2, 0.25) is 0 Å². The summed E-state index contributed by atoms with van der Waals surface area (Å²) in [4.78, 5) is 44.7. The van der Waals surface area contributed by atoms with E-state index < -0.39 is 0 Å². The molecule has 29 heavy (non-hydrogen) atoms. The van der Waals surface area contributed by atoms with E-state index in [1.54, 1.807) is 6.92 Å². The number of benzene rings is 1. The van der Waals surface area contributed by atoms with Gasteiger partial charge < -0.3 is 15.0 Å². The molecule has 0 saturated carbocycles. The summed E-state index contributed by atoms with van der Waals surface area (Å²) in [7, 11) is 1.33. The summed E-state index contributed by atoms with van der Waals surface area (Å²) in [5, 5.41) is 3.34. The number of aromatic nitrogens is 2. The number of carbonyl (C=O) groups is 2. The zero-order valence-corrected chi connectivity index (χ0v) is 18.2. The Bertz CT molecular complexity index is 1150. The van der Waals surface area contributed by atoms with E-state index in [1.165, 1.54) is 30.2 Å². The third-order valence-electron chi connectivity index (χ3n) is 4.37. The highest BCUT2D eigenvalue weighted by Crippen LogP contribution is 2.28. The fourth-order valence-corrected chi connectivity index (χ4v) is 4.71. The Labute approximate surface area is 175 Å². The number of rotatable bonds is 6. The third kappa shape index (κ3) is 4.68. The predicted molar refractivity (Wildman–Crippen MR) is 117 cm³/mol. The highest BCUT2D eigenvalue weighted by molar-refractivity contribution is 7.99. The number of thiophene rings is 1. The van der Waals surface area contributed by atoms with Gasteiger partial charge in [0.1, 0.15) is 10.7 Å². The van der Waals surface area contributed by atoms with Gasteiger partial charge in [0.05, 0.1) is 28.9 Å². The zero-order chi connectivity index (χ0) is 21.1. The van der Waals surface area contributed by atoms with Crippen molar-refractivity contribution in [1.29, 1.82) is 0 Å². The molecule has 0 radical (unpaired) electrons. The van der Waals surface area contributed by atoms with Gasteiger partial charge in [-0.3, -0.25) is 14.4 Å². The number of methoxy groups -OCH3 is 1. The molecule has 1 aromatic carbocycles. The first-order valence-corrected chi connectivity index (χ1v) is 10.8. The van der Waals surface area contributed by atoms with Crippen molar-refractivity contribution in [2.45, 2.75) is 26.5 Å². The minimum Gasteiger partial charge on any atom is -0.468 e. The number of nitrogens with one attached hydrogen (secondary N) is 2. The van der Waals surface area contributed by atoms with E-state index in [0.717, 1.165) is 16.8 Å². The van der Waals surface area contributed by atoms with Crippen LogP contribution in [0, 0.1) is 20.8 Å². The predicted octanol–water partition coefficient (Wildman–Crippen LogP) is 3.57. The smallest absolute Gasteiger partial charge is 0.315 e. The molecule has 0 aliphatic heterocycles. The number of hydrogen-bond donors (Lipinski definition) is 2. The molecule has 3 rings (SSSR count). The van der Waals surface area contributed by atoms with Crippen LogP contribution in [0.3, 0.4) is 0 Å². The number of carbonyl (C=O) groups excluding carboxylic acids is 2. The number of hydrogen-bond acceptors (Lipinski definition) is 7. The molecule has 0 saturated heterocycles. The number of nitrogens with zero attached hydrogens (tertiary/aromatic N) is 1. The second kappa shape index (κ2) is 8.79. The number of ether oxygens (including phenoxy) is 1. The van der Waals surface area contributed by atoms with Crippen molar-refractivity contribution in [2.24, 2.45) is 0 Å². The Balaban J connectivity index is 1.86. The summed E-state index contributed by atoms with van der Waals surface area (Å²) in [5.74, 6) is 0.389. The summed E-state index contributed by atoms with van der Waals surface area (Å²) in [6.45, 7) is 5.68. The lowest BCUT2D eigenvalue weighted by Crippen LogP contribution is -2.14. The molecular weight excluding hydrogens is 410 g/mol. The SMILES string of the molecule is COC(=O)CSCc1nc2sc(C(=O)Nc3ccc(C)cc3C)c(C)c2c(=O)[nH]1. The van der Waals surface area contributed by atoms with Crippen LogP contribution >= 0.6 is 23.1 Å². The van der Waals surface area contributed by atoms with Crippen LogP contribution in [-0.4, -0.2) is 34.7 Å². The molecule has 2 heterocycles. The van der Waals surface area contributed by atoms with Crippen LogP contribution in [0.2, 0.25) is 0 Å². The first-order valence-electron chi connectivity index (χ1n) is 8.85. The fourth-order valence-electron chi connectivity index (χ4n) is 2.90. The number of fused-ring (bicyclic) bond motifs is 1. The van der Waals surface area contributed by atoms with Crippen molar-refractivity contribution in [3.8, 4) is 0 Å². The summed E-state index contributed by atoms with van der Waals surface area (Å²) < 4.78 is 4.60. The van der Waals surface area contributed by atoms with E-state index in [0.29, 0.717) is 32.2 Å². The average molecular weight is 432 g/mol. The maximum absolute atomic E-state index is 12.8. The Kier molecular flexibility index (Phi) is 6.39. The van der Waals surface area contributed by atoms with E-state index in [4.69, 9.17) is 0 Å². The van der Waals surface area contributed by atoms with Gasteiger partial charge in [0.25, 0.3) is 11.5 Å². The number of anilines is 1. The molecule has 0 unspecified atom stereocenters. The van der Waals surface area contributed by atoms with Gasteiger partial charge in [0, 0.05) is 5.69 Å². The summed E-state index contributed by atoms with van der Waals surface area (Å²) in [6, 6.07) is 5.80. The first-order chi connectivity index (χ1) is 13.8. The first kappa shape index (κ1) is 21.1. The van der Waals surface area contributed by atoms with Crippen LogP contribution in [0.5, 0.6) is 0 Å². The van der Waals surface area contributed by atoms with Gasteiger partial charge in [-0.25, -0.2) is 4.98 Å². The molecular formula is C20H21N3O4S2. The van der Waals surface area contributed by atoms with Crippen LogP contribution in [0.1, 0.15) is 32.2 Å². The van der Waals surface area contributed by atoms with Crippen molar-refractivity contribution in [2.75, 3.05) is 18.2 Å². The number of esters is 1. The molecule has 2 N–H and O–H groups in total. The van der Waals surface area contributed by atoms with Crippen LogP contribution < -0.4 is 10.9 Å². The van der Waals surface area contributed by atoms with Crippen LogP contribution in [0.25, 0.3) is 10.2 Å². The van der Waals surface area contributed by atoms with Gasteiger partial charge in [-0.1, -0.05) is 17.7 Å². The molecule has 0 aliphatic carbocycles. The molecule has 7 nitrogen and oxygen atoms in total. The third-order valence-corrected chi connectivity index (χ3v) is 6.47. The van der Waals surface area contributed by atoms with Crippen molar-refractivity contribution < 1.29 is 14.3 Å². The van der Waals surface area contributed by atoms with Gasteiger partial charge in [0.15, 0.2) is 0 Å². The lowest BCUT2D eigenvalue weighted by Gasteiger charge is -2.08. The molecule has 9 heteroatoms. The van der Waals surface area contributed by atoms with Gasteiger partial charge >= 0.3 is 5.97 Å². The molecule has 1 amide bonds. The monoisotopic (exact) mass is 431 g/mol. The van der Waals surface area contributed by atoms with E-state index in [-0.39, 0.29) is 23.2 Å². The Hall–Kier alpha value is -2.65. The number of amides is 1. The van der Waals surface area contributed by atoms with Crippen LogP contribution in [0.4, 0.5) is 5.69 Å². The topological polar surface area (TPSA) is 101 Å². The standard InChI is InChI=1S/C20H21N3O4S2/c1-10-5-6-13(11(2)7-10)21-19(26)17-12(3)16-18(25)22-14(23-20(16)29-17)8-28-9-15(24)27-4/h5-7H,8-9H2,1-4H3,(H,21,26)(H,22,23,25). The van der Waals surface area contributed by atoms with E-state index in [9.17, 15) is 14.4 Å². The molecule has 0 fully saturated rings.